The zero-order valence-electron chi connectivity index (χ0n) is 13.7. The molecule has 1 aromatic rings. The number of carbonyl (C=O) groups is 1. The molecular weight excluding hydrogens is 320 g/mol. The lowest BCUT2D eigenvalue weighted by atomic mass is 9.93. The second-order valence-corrected chi connectivity index (χ2v) is 7.64. The largest absolute Gasteiger partial charge is 0.461 e. The van der Waals surface area contributed by atoms with E-state index >= 15 is 0 Å². The molecule has 2 rings (SSSR count). The van der Waals surface area contributed by atoms with E-state index in [1.807, 2.05) is 13.8 Å². The van der Waals surface area contributed by atoms with Gasteiger partial charge < -0.3 is 9.84 Å². The van der Waals surface area contributed by atoms with E-state index in [-0.39, 0.29) is 18.5 Å². The minimum absolute atomic E-state index is 0.158. The molecule has 6 heteroatoms. The highest BCUT2D eigenvalue weighted by Gasteiger charge is 2.67. The first-order chi connectivity index (χ1) is 10.6. The van der Waals surface area contributed by atoms with Gasteiger partial charge in [-0.15, -0.1) is 0 Å². The molecule has 0 aliphatic heterocycles. The van der Waals surface area contributed by atoms with Gasteiger partial charge in [0.15, 0.2) is 0 Å². The van der Waals surface area contributed by atoms with Crippen LogP contribution in [0.1, 0.15) is 33.3 Å². The van der Waals surface area contributed by atoms with Crippen molar-refractivity contribution in [1.82, 2.24) is 0 Å². The van der Waals surface area contributed by atoms with E-state index in [1.165, 1.54) is 0 Å². The van der Waals surface area contributed by atoms with Gasteiger partial charge in [-0.3, -0.25) is 10.1 Å². The van der Waals surface area contributed by atoms with Crippen molar-refractivity contribution in [1.29, 1.82) is 0 Å². The zero-order valence-corrected chi connectivity index (χ0v) is 14.5. The number of aliphatic hydroxyl groups is 1. The number of hydrogen-bond acceptors (Lipinski definition) is 5. The normalized spacial score (nSPS) is 24.1. The van der Waals surface area contributed by atoms with Crippen LogP contribution in [0.15, 0.2) is 24.3 Å². The molecule has 5 nitrogen and oxygen atoms in total. The maximum atomic E-state index is 12.3. The second-order valence-electron chi connectivity index (χ2n) is 7.20. The molecule has 0 heterocycles. The number of aliphatic hydroxyl groups excluding tert-OH is 1. The van der Waals surface area contributed by atoms with Crippen molar-refractivity contribution in [3.8, 4) is 0 Å². The third-order valence-electron chi connectivity index (χ3n) is 4.75. The molecule has 1 aliphatic rings. The zero-order chi connectivity index (χ0) is 17.4. The molecule has 1 saturated carbocycles. The summed E-state index contributed by atoms with van der Waals surface area (Å²) in [6, 6.07) is 7.06. The molecule has 0 bridgehead atoms. The first kappa shape index (κ1) is 18.2. The van der Waals surface area contributed by atoms with E-state index < -0.39 is 23.0 Å². The van der Waals surface area contributed by atoms with Crippen LogP contribution < -0.4 is 0 Å². The molecule has 3 atom stereocenters. The van der Waals surface area contributed by atoms with E-state index in [0.717, 1.165) is 5.56 Å². The fourth-order valence-electron chi connectivity index (χ4n) is 3.03. The third kappa shape index (κ3) is 3.69. The lowest BCUT2D eigenvalue weighted by molar-refractivity contribution is -0.336. The highest BCUT2D eigenvalue weighted by molar-refractivity contribution is 6.30. The number of ether oxygens (including phenoxy) is 1. The topological polar surface area (TPSA) is 76.0 Å². The lowest BCUT2D eigenvalue weighted by Crippen LogP contribution is -2.41. The molecule has 1 aromatic carbocycles. The summed E-state index contributed by atoms with van der Waals surface area (Å²) >= 11 is 5.81. The van der Waals surface area contributed by atoms with Crippen LogP contribution in [-0.4, -0.2) is 28.0 Å². The first-order valence-corrected chi connectivity index (χ1v) is 7.91. The van der Waals surface area contributed by atoms with E-state index in [4.69, 9.17) is 21.6 Å². The number of esters is 1. The van der Waals surface area contributed by atoms with Crippen LogP contribution in [0, 0.1) is 17.3 Å². The summed E-state index contributed by atoms with van der Waals surface area (Å²) in [5.41, 5.74) is -0.711. The predicted octanol–water partition coefficient (Wildman–Crippen LogP) is 3.28. The number of hydrogen-bond donors (Lipinski definition) is 2. The van der Waals surface area contributed by atoms with E-state index in [0.29, 0.717) is 5.02 Å². The minimum atomic E-state index is -1.15. The molecule has 3 unspecified atom stereocenters. The number of carbonyl (C=O) groups excluding carboxylic acids is 1. The molecule has 0 spiro atoms. The highest BCUT2D eigenvalue weighted by atomic mass is 35.5. The van der Waals surface area contributed by atoms with E-state index in [2.05, 4.69) is 4.89 Å². The fraction of sp³-hybridized carbons (Fsp3) is 0.588. The first-order valence-electron chi connectivity index (χ1n) is 7.53. The predicted molar refractivity (Wildman–Crippen MR) is 85.8 cm³/mol. The van der Waals surface area contributed by atoms with E-state index in [9.17, 15) is 9.90 Å². The van der Waals surface area contributed by atoms with Crippen LogP contribution in [0.2, 0.25) is 5.02 Å². The molecule has 0 amide bonds. The van der Waals surface area contributed by atoms with Gasteiger partial charge in [-0.05, 0) is 37.0 Å². The molecule has 0 aromatic heterocycles. The SMILES string of the molecule is CC(C)(OO)C(O)C1C(C(=O)OCc2ccc(Cl)cc2)C1(C)C. The summed E-state index contributed by atoms with van der Waals surface area (Å²) in [7, 11) is 0. The Balaban J connectivity index is 1.98. The summed E-state index contributed by atoms with van der Waals surface area (Å²) in [6.45, 7) is 7.08. The Morgan fingerprint density at radius 3 is 2.43 bits per heavy atom. The fourth-order valence-corrected chi connectivity index (χ4v) is 3.15. The Bertz CT molecular complexity index is 567. The van der Waals surface area contributed by atoms with Gasteiger partial charge in [0.25, 0.3) is 0 Å². The van der Waals surface area contributed by atoms with Crippen molar-refractivity contribution in [3.63, 3.8) is 0 Å². The summed E-state index contributed by atoms with van der Waals surface area (Å²) in [6.07, 6.45) is -0.976. The van der Waals surface area contributed by atoms with Gasteiger partial charge in [0.05, 0.1) is 12.0 Å². The number of benzene rings is 1. The van der Waals surface area contributed by atoms with Crippen LogP contribution >= 0.6 is 11.6 Å². The molecule has 1 aliphatic carbocycles. The van der Waals surface area contributed by atoms with Crippen LogP contribution in [-0.2, 0) is 21.0 Å². The van der Waals surface area contributed by atoms with Crippen molar-refractivity contribution in [3.05, 3.63) is 34.9 Å². The van der Waals surface area contributed by atoms with Crippen molar-refractivity contribution in [2.24, 2.45) is 17.3 Å². The van der Waals surface area contributed by atoms with Gasteiger partial charge in [0, 0.05) is 10.9 Å². The van der Waals surface area contributed by atoms with Crippen LogP contribution in [0.4, 0.5) is 0 Å². The number of rotatable bonds is 6. The van der Waals surface area contributed by atoms with Gasteiger partial charge in [-0.2, -0.15) is 0 Å². The van der Waals surface area contributed by atoms with Crippen molar-refractivity contribution >= 4 is 17.6 Å². The summed E-state index contributed by atoms with van der Waals surface area (Å²) < 4.78 is 5.36. The Labute approximate surface area is 141 Å². The Hall–Kier alpha value is -1.14. The molecule has 2 N–H and O–H groups in total. The van der Waals surface area contributed by atoms with Gasteiger partial charge in [-0.1, -0.05) is 37.6 Å². The van der Waals surface area contributed by atoms with Crippen LogP contribution in [0.3, 0.4) is 0 Å². The maximum Gasteiger partial charge on any atom is 0.310 e. The molecule has 1 fully saturated rings. The molecule has 23 heavy (non-hydrogen) atoms. The highest BCUT2D eigenvalue weighted by Crippen LogP contribution is 2.61. The van der Waals surface area contributed by atoms with Crippen molar-refractivity contribution in [2.75, 3.05) is 0 Å². The quantitative estimate of drug-likeness (QED) is 0.471. The average Bonchev–Trinajstić information content (AvgIpc) is 3.07. The van der Waals surface area contributed by atoms with E-state index in [1.54, 1.807) is 38.1 Å². The molecule has 0 radical (unpaired) electrons. The van der Waals surface area contributed by atoms with Gasteiger partial charge in [-0.25, -0.2) is 4.89 Å². The van der Waals surface area contributed by atoms with Gasteiger partial charge >= 0.3 is 5.97 Å². The standard InChI is InChI=1S/C17H23ClO5/c1-16(2)12(14(19)17(3,4)23-21)13(16)15(20)22-9-10-5-7-11(18)8-6-10/h5-8,12-14,19,21H,9H2,1-4H3. The third-order valence-corrected chi connectivity index (χ3v) is 5.00. The lowest BCUT2D eigenvalue weighted by Gasteiger charge is -2.27. The smallest absolute Gasteiger partial charge is 0.310 e. The van der Waals surface area contributed by atoms with Crippen LogP contribution in [0.25, 0.3) is 0 Å². The summed E-state index contributed by atoms with van der Waals surface area (Å²) in [5.74, 6) is -1.12. The maximum absolute atomic E-state index is 12.3. The molecular formula is C17H23ClO5. The van der Waals surface area contributed by atoms with Gasteiger partial charge in [0.1, 0.15) is 12.2 Å². The monoisotopic (exact) mass is 342 g/mol. The Morgan fingerprint density at radius 2 is 1.91 bits per heavy atom. The summed E-state index contributed by atoms with van der Waals surface area (Å²) in [4.78, 5) is 16.7. The Kier molecular flexibility index (Phi) is 5.06. The Morgan fingerprint density at radius 1 is 1.35 bits per heavy atom. The molecule has 128 valence electrons. The average molecular weight is 343 g/mol. The van der Waals surface area contributed by atoms with Crippen molar-refractivity contribution in [2.45, 2.75) is 46.0 Å². The van der Waals surface area contributed by atoms with Gasteiger partial charge in [0.2, 0.25) is 0 Å². The van der Waals surface area contributed by atoms with Crippen molar-refractivity contribution < 1.29 is 24.8 Å². The summed E-state index contributed by atoms with van der Waals surface area (Å²) in [5, 5.41) is 19.9. The van der Waals surface area contributed by atoms with Crippen LogP contribution in [0.5, 0.6) is 0 Å². The molecule has 0 saturated heterocycles. The minimum Gasteiger partial charge on any atom is -0.461 e. The number of halogens is 1. The second kappa shape index (κ2) is 6.40.